The van der Waals surface area contributed by atoms with Crippen molar-refractivity contribution in [3.8, 4) is 0 Å². The van der Waals surface area contributed by atoms with E-state index in [0.29, 0.717) is 11.8 Å². The Morgan fingerprint density at radius 1 is 1.17 bits per heavy atom. The highest BCUT2D eigenvalue weighted by molar-refractivity contribution is 5.76. The average molecular weight is 310 g/mol. The quantitative estimate of drug-likeness (QED) is 0.943. The molecule has 0 radical (unpaired) electrons. The molecule has 23 heavy (non-hydrogen) atoms. The smallest absolute Gasteiger partial charge is 0.242 e. The highest BCUT2D eigenvalue weighted by Crippen LogP contribution is 2.54. The van der Waals surface area contributed by atoms with Crippen LogP contribution in [0.3, 0.4) is 0 Å². The summed E-state index contributed by atoms with van der Waals surface area (Å²) in [5, 5.41) is 7.29. The Balaban J connectivity index is 1.49. The van der Waals surface area contributed by atoms with Crippen LogP contribution in [0.2, 0.25) is 0 Å². The van der Waals surface area contributed by atoms with Crippen molar-refractivity contribution in [1.29, 1.82) is 0 Å². The molecule has 5 heteroatoms. The van der Waals surface area contributed by atoms with E-state index in [1.807, 2.05) is 0 Å². The minimum atomic E-state index is 0.0328. The van der Waals surface area contributed by atoms with Crippen molar-refractivity contribution in [3.05, 3.63) is 48.5 Å². The molecule has 1 amide bonds. The maximum atomic E-state index is 12.4. The number of hydrogen-bond acceptors (Lipinski definition) is 3. The van der Waals surface area contributed by atoms with Gasteiger partial charge in [0.15, 0.2) is 0 Å². The summed E-state index contributed by atoms with van der Waals surface area (Å²) in [6.07, 6.45) is 8.18. The fourth-order valence-corrected chi connectivity index (χ4v) is 4.49. The number of hydrogen-bond donors (Lipinski definition) is 1. The molecule has 0 aliphatic heterocycles. The van der Waals surface area contributed by atoms with E-state index in [1.165, 1.54) is 37.6 Å². The number of nitrogens with zero attached hydrogens (tertiary/aromatic N) is 3. The topological polar surface area (TPSA) is 59.8 Å². The van der Waals surface area contributed by atoms with Gasteiger partial charge in [-0.1, -0.05) is 43.2 Å². The van der Waals surface area contributed by atoms with Crippen LogP contribution in [0.5, 0.6) is 0 Å². The molecule has 2 aromatic rings. The van der Waals surface area contributed by atoms with Gasteiger partial charge in [-0.2, -0.15) is 5.10 Å². The first-order valence-corrected chi connectivity index (χ1v) is 8.49. The number of carbonyl (C=O) groups is 1. The third kappa shape index (κ3) is 2.76. The van der Waals surface area contributed by atoms with E-state index < -0.39 is 0 Å². The molecule has 1 aromatic carbocycles. The molecule has 1 heterocycles. The Morgan fingerprint density at radius 2 is 1.96 bits per heavy atom. The van der Waals surface area contributed by atoms with E-state index in [-0.39, 0.29) is 18.5 Å². The highest BCUT2D eigenvalue weighted by Gasteiger charge is 2.51. The number of amides is 1. The van der Waals surface area contributed by atoms with Crippen molar-refractivity contribution in [2.45, 2.75) is 44.2 Å². The van der Waals surface area contributed by atoms with Gasteiger partial charge in [0.25, 0.3) is 0 Å². The lowest BCUT2D eigenvalue weighted by atomic mass is 9.53. The lowest BCUT2D eigenvalue weighted by Gasteiger charge is -2.55. The van der Waals surface area contributed by atoms with Gasteiger partial charge in [0.05, 0.1) is 0 Å². The van der Waals surface area contributed by atoms with E-state index in [2.05, 4.69) is 45.7 Å². The molecule has 4 rings (SSSR count). The number of rotatable bonds is 4. The summed E-state index contributed by atoms with van der Waals surface area (Å²) < 4.78 is 1.57. The predicted molar refractivity (Wildman–Crippen MR) is 86.6 cm³/mol. The molecule has 5 nitrogen and oxygen atoms in total. The summed E-state index contributed by atoms with van der Waals surface area (Å²) in [5.41, 5.74) is 1.36. The third-order valence-electron chi connectivity index (χ3n) is 5.47. The molecule has 4 atom stereocenters. The van der Waals surface area contributed by atoms with Crippen molar-refractivity contribution in [1.82, 2.24) is 20.1 Å². The molecule has 2 aliphatic carbocycles. The van der Waals surface area contributed by atoms with E-state index in [1.54, 1.807) is 11.0 Å². The number of fused-ring (bicyclic) bond motifs is 1. The Labute approximate surface area is 136 Å². The largest absolute Gasteiger partial charge is 0.351 e. The molecule has 1 N–H and O–H groups in total. The second-order valence-corrected chi connectivity index (χ2v) is 6.73. The minimum Gasteiger partial charge on any atom is -0.351 e. The lowest BCUT2D eigenvalue weighted by Crippen LogP contribution is -2.59. The first-order chi connectivity index (χ1) is 11.3. The third-order valence-corrected chi connectivity index (χ3v) is 5.47. The van der Waals surface area contributed by atoms with Gasteiger partial charge in [-0.15, -0.1) is 0 Å². The van der Waals surface area contributed by atoms with Crippen LogP contribution in [0.25, 0.3) is 0 Å². The monoisotopic (exact) mass is 310 g/mol. The Bertz CT molecular complexity index is 655. The van der Waals surface area contributed by atoms with Crippen LogP contribution < -0.4 is 5.32 Å². The molecule has 1 aromatic heterocycles. The zero-order chi connectivity index (χ0) is 15.6. The molecule has 120 valence electrons. The summed E-state index contributed by atoms with van der Waals surface area (Å²) in [6, 6.07) is 10.9. The zero-order valence-electron chi connectivity index (χ0n) is 13.1. The van der Waals surface area contributed by atoms with Gasteiger partial charge in [0.1, 0.15) is 19.2 Å². The van der Waals surface area contributed by atoms with Crippen molar-refractivity contribution >= 4 is 5.91 Å². The molecule has 0 spiro atoms. The van der Waals surface area contributed by atoms with E-state index in [9.17, 15) is 4.79 Å². The van der Waals surface area contributed by atoms with E-state index in [4.69, 9.17) is 0 Å². The Kier molecular flexibility index (Phi) is 3.85. The van der Waals surface area contributed by atoms with Gasteiger partial charge >= 0.3 is 0 Å². The van der Waals surface area contributed by atoms with Gasteiger partial charge in [-0.05, 0) is 30.2 Å². The standard InChI is InChI=1S/C18H22N4O/c23-16(10-22-12-19-11-20-22)21-18-15-9-5-4-8-14(15)17(18)13-6-2-1-3-7-13/h1-3,6-7,11-12,14-15,17-18H,4-5,8-10H2,(H,21,23)/t14?,15?,17-,18-/m0/s1. The van der Waals surface area contributed by atoms with Crippen LogP contribution in [0.1, 0.15) is 37.2 Å². The fraction of sp³-hybridized carbons (Fsp3) is 0.500. The number of benzene rings is 1. The molecule has 2 saturated carbocycles. The first kappa shape index (κ1) is 14.4. The predicted octanol–water partition coefficient (Wildman–Crippen LogP) is 2.37. The molecule has 0 saturated heterocycles. The van der Waals surface area contributed by atoms with Crippen molar-refractivity contribution in [2.24, 2.45) is 11.8 Å². The van der Waals surface area contributed by atoms with Gasteiger partial charge in [0.2, 0.25) is 5.91 Å². The number of nitrogens with one attached hydrogen (secondary N) is 1. The summed E-state index contributed by atoms with van der Waals surface area (Å²) in [6.45, 7) is 0.245. The molecule has 2 fully saturated rings. The average Bonchev–Trinajstić information content (AvgIpc) is 3.07. The summed E-state index contributed by atoms with van der Waals surface area (Å²) >= 11 is 0. The summed E-state index contributed by atoms with van der Waals surface area (Å²) in [5.74, 6) is 1.85. The van der Waals surface area contributed by atoms with Crippen LogP contribution in [0, 0.1) is 11.8 Å². The highest BCUT2D eigenvalue weighted by atomic mass is 16.2. The fourth-order valence-electron chi connectivity index (χ4n) is 4.49. The summed E-state index contributed by atoms with van der Waals surface area (Å²) in [7, 11) is 0. The molecule has 2 aliphatic rings. The minimum absolute atomic E-state index is 0.0328. The van der Waals surface area contributed by atoms with Crippen LogP contribution in [0.15, 0.2) is 43.0 Å². The maximum absolute atomic E-state index is 12.4. The number of aromatic nitrogens is 3. The van der Waals surface area contributed by atoms with E-state index >= 15 is 0 Å². The first-order valence-electron chi connectivity index (χ1n) is 8.49. The molecule has 0 bridgehead atoms. The van der Waals surface area contributed by atoms with E-state index in [0.717, 1.165) is 5.92 Å². The van der Waals surface area contributed by atoms with Gasteiger partial charge in [0, 0.05) is 12.0 Å². The number of carbonyl (C=O) groups excluding carboxylic acids is 1. The molecule has 2 unspecified atom stereocenters. The van der Waals surface area contributed by atoms with Crippen molar-refractivity contribution < 1.29 is 4.79 Å². The normalized spacial score (nSPS) is 29.4. The van der Waals surface area contributed by atoms with Crippen LogP contribution in [-0.2, 0) is 11.3 Å². The Hall–Kier alpha value is -2.17. The maximum Gasteiger partial charge on any atom is 0.242 e. The molecular formula is C18H22N4O. The van der Waals surface area contributed by atoms with Crippen LogP contribution >= 0.6 is 0 Å². The Morgan fingerprint density at radius 3 is 2.70 bits per heavy atom. The van der Waals surface area contributed by atoms with Gasteiger partial charge in [-0.3, -0.25) is 4.79 Å². The van der Waals surface area contributed by atoms with Crippen LogP contribution in [0.4, 0.5) is 0 Å². The summed E-state index contributed by atoms with van der Waals surface area (Å²) in [4.78, 5) is 16.3. The van der Waals surface area contributed by atoms with Crippen molar-refractivity contribution in [2.75, 3.05) is 0 Å². The SMILES string of the molecule is O=C(Cn1cncn1)N[C@H]1C2CCCCC2[C@@H]1c1ccccc1. The van der Waals surface area contributed by atoms with Gasteiger partial charge < -0.3 is 5.32 Å². The second-order valence-electron chi connectivity index (χ2n) is 6.73. The second kappa shape index (κ2) is 6.14. The van der Waals surface area contributed by atoms with Crippen molar-refractivity contribution in [3.63, 3.8) is 0 Å². The molecular weight excluding hydrogens is 288 g/mol. The van der Waals surface area contributed by atoms with Crippen LogP contribution in [-0.4, -0.2) is 26.7 Å². The lowest BCUT2D eigenvalue weighted by molar-refractivity contribution is -0.125. The van der Waals surface area contributed by atoms with Gasteiger partial charge in [-0.25, -0.2) is 9.67 Å². The zero-order valence-corrected chi connectivity index (χ0v) is 13.1.